The third kappa shape index (κ3) is 2.01. The monoisotopic (exact) mass is 281 g/mol. The average Bonchev–Trinajstić information content (AvgIpc) is 3.02. The van der Waals surface area contributed by atoms with Gasteiger partial charge in [-0.25, -0.2) is 13.5 Å². The number of hydrogen-bond acceptors (Lipinski definition) is 5. The molecule has 1 fully saturated rings. The Morgan fingerprint density at radius 2 is 2.10 bits per heavy atom. The highest BCUT2D eigenvalue weighted by molar-refractivity contribution is 5.71. The molecule has 0 spiro atoms. The van der Waals surface area contributed by atoms with Gasteiger partial charge < -0.3 is 10.5 Å². The number of ether oxygens (including phenoxy) is 1. The van der Waals surface area contributed by atoms with E-state index in [1.165, 1.54) is 0 Å². The van der Waals surface area contributed by atoms with Crippen molar-refractivity contribution < 1.29 is 13.5 Å². The molecule has 3 rings (SSSR count). The summed E-state index contributed by atoms with van der Waals surface area (Å²) in [6.45, 7) is 2.52. The summed E-state index contributed by atoms with van der Waals surface area (Å²) in [5, 5.41) is 11.4. The standard InChI is InChI=1S/C12H13F2N5O/c1-6-11(2-3-20-6)19-12(16-17-18-19)7-4-8(13)9(14)5-10(7)15/h4-6,11H,2-3,15H2,1H3. The van der Waals surface area contributed by atoms with E-state index in [0.717, 1.165) is 18.6 Å². The molecule has 0 saturated carbocycles. The van der Waals surface area contributed by atoms with Gasteiger partial charge in [0.05, 0.1) is 12.1 Å². The molecule has 8 heteroatoms. The molecule has 0 bridgehead atoms. The summed E-state index contributed by atoms with van der Waals surface area (Å²) in [6, 6.07) is 1.89. The first-order valence-corrected chi connectivity index (χ1v) is 6.22. The van der Waals surface area contributed by atoms with Crippen LogP contribution in [0.3, 0.4) is 0 Å². The van der Waals surface area contributed by atoms with Crippen LogP contribution < -0.4 is 5.73 Å². The zero-order valence-corrected chi connectivity index (χ0v) is 10.8. The number of nitrogens with two attached hydrogens (primary N) is 1. The molecule has 106 valence electrons. The fourth-order valence-corrected chi connectivity index (χ4v) is 2.39. The van der Waals surface area contributed by atoms with Crippen LogP contribution in [0.15, 0.2) is 12.1 Å². The van der Waals surface area contributed by atoms with Crippen LogP contribution in [0.1, 0.15) is 19.4 Å². The minimum Gasteiger partial charge on any atom is -0.398 e. The van der Waals surface area contributed by atoms with Crippen molar-refractivity contribution in [2.45, 2.75) is 25.5 Å². The van der Waals surface area contributed by atoms with Crippen LogP contribution in [0, 0.1) is 11.6 Å². The SMILES string of the molecule is CC1OCCC1n1nnnc1-c1cc(F)c(F)cc1N. The molecule has 0 radical (unpaired) electrons. The fourth-order valence-electron chi connectivity index (χ4n) is 2.39. The van der Waals surface area contributed by atoms with Crippen LogP contribution in [0.5, 0.6) is 0 Å². The van der Waals surface area contributed by atoms with Crippen molar-refractivity contribution >= 4 is 5.69 Å². The maximum absolute atomic E-state index is 13.4. The summed E-state index contributed by atoms with van der Waals surface area (Å²) >= 11 is 0. The van der Waals surface area contributed by atoms with Gasteiger partial charge in [0.1, 0.15) is 0 Å². The third-order valence-electron chi connectivity index (χ3n) is 3.48. The van der Waals surface area contributed by atoms with E-state index in [1.54, 1.807) is 4.68 Å². The first kappa shape index (κ1) is 12.9. The Balaban J connectivity index is 2.08. The van der Waals surface area contributed by atoms with Crippen molar-refractivity contribution in [3.05, 3.63) is 23.8 Å². The topological polar surface area (TPSA) is 78.8 Å². The van der Waals surface area contributed by atoms with Gasteiger partial charge in [-0.3, -0.25) is 0 Å². The summed E-state index contributed by atoms with van der Waals surface area (Å²) in [5.41, 5.74) is 6.10. The van der Waals surface area contributed by atoms with E-state index >= 15 is 0 Å². The van der Waals surface area contributed by atoms with Crippen LogP contribution in [0.2, 0.25) is 0 Å². The molecule has 2 N–H and O–H groups in total. The Hall–Kier alpha value is -2.09. The third-order valence-corrected chi connectivity index (χ3v) is 3.48. The quantitative estimate of drug-likeness (QED) is 0.845. The molecule has 1 aliphatic rings. The molecular weight excluding hydrogens is 268 g/mol. The van der Waals surface area contributed by atoms with Crippen LogP contribution in [0.25, 0.3) is 11.4 Å². The molecule has 1 aromatic carbocycles. The first-order valence-electron chi connectivity index (χ1n) is 6.22. The lowest BCUT2D eigenvalue weighted by atomic mass is 10.1. The number of benzene rings is 1. The van der Waals surface area contributed by atoms with Crippen molar-refractivity contribution in [1.29, 1.82) is 0 Å². The fraction of sp³-hybridized carbons (Fsp3) is 0.417. The van der Waals surface area contributed by atoms with Gasteiger partial charge in [0.2, 0.25) is 0 Å². The van der Waals surface area contributed by atoms with Crippen LogP contribution in [-0.2, 0) is 4.74 Å². The van der Waals surface area contributed by atoms with Crippen molar-refractivity contribution in [2.75, 3.05) is 12.3 Å². The zero-order chi connectivity index (χ0) is 14.3. The maximum atomic E-state index is 13.4. The van der Waals surface area contributed by atoms with E-state index in [0.29, 0.717) is 12.4 Å². The Morgan fingerprint density at radius 1 is 1.35 bits per heavy atom. The van der Waals surface area contributed by atoms with E-state index in [-0.39, 0.29) is 23.4 Å². The highest BCUT2D eigenvalue weighted by atomic mass is 19.2. The van der Waals surface area contributed by atoms with Gasteiger partial charge >= 0.3 is 0 Å². The number of anilines is 1. The number of rotatable bonds is 2. The Kier molecular flexibility index (Phi) is 3.09. The van der Waals surface area contributed by atoms with Crippen molar-refractivity contribution in [1.82, 2.24) is 20.2 Å². The van der Waals surface area contributed by atoms with Gasteiger partial charge in [-0.1, -0.05) is 0 Å². The molecular formula is C12H13F2N5O. The van der Waals surface area contributed by atoms with E-state index in [1.807, 2.05) is 6.92 Å². The van der Waals surface area contributed by atoms with Gasteiger partial charge in [0.25, 0.3) is 0 Å². The number of tetrazole rings is 1. The van der Waals surface area contributed by atoms with Crippen LogP contribution in [-0.4, -0.2) is 32.9 Å². The number of nitrogen functional groups attached to an aromatic ring is 1. The molecule has 0 amide bonds. The minimum atomic E-state index is -0.997. The smallest absolute Gasteiger partial charge is 0.184 e. The summed E-state index contributed by atoms with van der Waals surface area (Å²) < 4.78 is 33.6. The largest absolute Gasteiger partial charge is 0.398 e. The molecule has 0 aliphatic carbocycles. The van der Waals surface area contributed by atoms with E-state index in [9.17, 15) is 8.78 Å². The van der Waals surface area contributed by atoms with Crippen molar-refractivity contribution in [3.63, 3.8) is 0 Å². The van der Waals surface area contributed by atoms with Crippen molar-refractivity contribution in [2.24, 2.45) is 0 Å². The average molecular weight is 281 g/mol. The molecule has 20 heavy (non-hydrogen) atoms. The van der Waals surface area contributed by atoms with E-state index < -0.39 is 11.6 Å². The van der Waals surface area contributed by atoms with Gasteiger partial charge in [-0.05, 0) is 29.8 Å². The normalized spacial score (nSPS) is 22.4. The summed E-state index contributed by atoms with van der Waals surface area (Å²) in [7, 11) is 0. The second-order valence-corrected chi connectivity index (χ2v) is 4.73. The zero-order valence-electron chi connectivity index (χ0n) is 10.8. The number of halogens is 2. The number of nitrogens with zero attached hydrogens (tertiary/aromatic N) is 4. The predicted molar refractivity (Wildman–Crippen MR) is 66.6 cm³/mol. The summed E-state index contributed by atoms with van der Waals surface area (Å²) in [5.74, 6) is -1.67. The maximum Gasteiger partial charge on any atom is 0.184 e. The molecule has 1 aromatic heterocycles. The second-order valence-electron chi connectivity index (χ2n) is 4.73. The first-order chi connectivity index (χ1) is 9.58. The summed E-state index contributed by atoms with van der Waals surface area (Å²) in [6.07, 6.45) is 0.701. The Morgan fingerprint density at radius 3 is 2.80 bits per heavy atom. The molecule has 2 heterocycles. The Bertz CT molecular complexity index is 645. The highest BCUT2D eigenvalue weighted by Gasteiger charge is 2.30. The lowest BCUT2D eigenvalue weighted by Gasteiger charge is -2.16. The summed E-state index contributed by atoms with van der Waals surface area (Å²) in [4.78, 5) is 0. The highest BCUT2D eigenvalue weighted by Crippen LogP contribution is 2.32. The van der Waals surface area contributed by atoms with Crippen LogP contribution in [0.4, 0.5) is 14.5 Å². The predicted octanol–water partition coefficient (Wildman–Crippen LogP) is 1.55. The number of aromatic nitrogens is 4. The molecule has 2 unspecified atom stereocenters. The van der Waals surface area contributed by atoms with Crippen molar-refractivity contribution in [3.8, 4) is 11.4 Å². The molecule has 2 aromatic rings. The lowest BCUT2D eigenvalue weighted by Crippen LogP contribution is -2.19. The van der Waals surface area contributed by atoms with Gasteiger partial charge in [-0.2, -0.15) is 0 Å². The molecule has 6 nitrogen and oxygen atoms in total. The lowest BCUT2D eigenvalue weighted by molar-refractivity contribution is 0.105. The minimum absolute atomic E-state index is 0.0486. The van der Waals surface area contributed by atoms with E-state index in [2.05, 4.69) is 15.5 Å². The number of hydrogen-bond donors (Lipinski definition) is 1. The molecule has 1 aliphatic heterocycles. The van der Waals surface area contributed by atoms with Gasteiger partial charge in [-0.15, -0.1) is 5.10 Å². The van der Waals surface area contributed by atoms with Crippen LogP contribution >= 0.6 is 0 Å². The van der Waals surface area contributed by atoms with Gasteiger partial charge in [0.15, 0.2) is 17.5 Å². The van der Waals surface area contributed by atoms with E-state index in [4.69, 9.17) is 10.5 Å². The van der Waals surface area contributed by atoms with Gasteiger partial charge in [0, 0.05) is 23.9 Å². The second kappa shape index (κ2) is 4.78. The molecule has 1 saturated heterocycles. The Labute approximate surface area is 113 Å². The molecule has 2 atom stereocenters.